The Morgan fingerprint density at radius 1 is 0.795 bits per heavy atom. The zero-order chi connectivity index (χ0) is 31.9. The van der Waals surface area contributed by atoms with E-state index in [4.69, 9.17) is 46.4 Å². The summed E-state index contributed by atoms with van der Waals surface area (Å²) in [6, 6.07) is 24.9. The fraction of sp³-hybridized carbons (Fsp3) is 0.188. The van der Waals surface area contributed by atoms with Crippen LogP contribution in [0.25, 0.3) is 0 Å². The maximum atomic E-state index is 14.4. The summed E-state index contributed by atoms with van der Waals surface area (Å²) in [4.78, 5) is 29.2. The number of benzene rings is 4. The number of sulfonamides is 1. The molecule has 2 amide bonds. The van der Waals surface area contributed by atoms with Crippen LogP contribution < -0.4 is 9.62 Å². The molecular formula is C32H29Cl4N3O4S. The van der Waals surface area contributed by atoms with E-state index in [0.717, 1.165) is 9.87 Å². The van der Waals surface area contributed by atoms with Gasteiger partial charge >= 0.3 is 0 Å². The number of hydrogen-bond acceptors (Lipinski definition) is 4. The summed E-state index contributed by atoms with van der Waals surface area (Å²) in [7, 11) is -4.29. The minimum Gasteiger partial charge on any atom is -0.355 e. The van der Waals surface area contributed by atoms with Crippen molar-refractivity contribution in [2.75, 3.05) is 17.4 Å². The molecule has 0 aromatic heterocycles. The number of amides is 2. The second-order valence-corrected chi connectivity index (χ2v) is 13.4. The van der Waals surface area contributed by atoms with Crippen LogP contribution in [-0.2, 0) is 32.6 Å². The Labute approximate surface area is 277 Å². The Morgan fingerprint density at radius 2 is 1.45 bits per heavy atom. The highest BCUT2D eigenvalue weighted by molar-refractivity contribution is 7.92. The number of hydrogen-bond donors (Lipinski definition) is 1. The van der Waals surface area contributed by atoms with E-state index >= 15 is 0 Å². The lowest BCUT2D eigenvalue weighted by molar-refractivity contribution is -0.140. The first-order chi connectivity index (χ1) is 21.0. The standard InChI is InChI=1S/C32H29Cl4N3O4S/c1-2-37-32(41)30(17-22-7-4-3-5-8-22)38(20-23-11-12-26(35)19-29(23)36)31(40)21-39(27-10-6-9-25(34)18-27)44(42,43)28-15-13-24(33)14-16-28/h3-16,18-19,30H,2,17,20-21H2,1H3,(H,37,41). The molecule has 0 saturated carbocycles. The van der Waals surface area contributed by atoms with Gasteiger partial charge in [-0.2, -0.15) is 0 Å². The van der Waals surface area contributed by atoms with Crippen LogP contribution in [0.15, 0.2) is 102 Å². The van der Waals surface area contributed by atoms with E-state index in [1.54, 1.807) is 37.3 Å². The second-order valence-electron chi connectivity index (χ2n) is 9.80. The lowest BCUT2D eigenvalue weighted by Crippen LogP contribution is -2.53. The van der Waals surface area contributed by atoms with Crippen molar-refractivity contribution in [3.05, 3.63) is 128 Å². The quantitative estimate of drug-likeness (QED) is 0.169. The lowest BCUT2D eigenvalue weighted by atomic mass is 10.0. The van der Waals surface area contributed by atoms with E-state index in [1.165, 1.54) is 41.3 Å². The Balaban J connectivity index is 1.82. The summed E-state index contributed by atoms with van der Waals surface area (Å²) in [5.41, 5.74) is 1.51. The van der Waals surface area contributed by atoms with Gasteiger partial charge in [-0.3, -0.25) is 13.9 Å². The molecule has 4 aromatic rings. The van der Waals surface area contributed by atoms with E-state index in [2.05, 4.69) is 5.32 Å². The first-order valence-electron chi connectivity index (χ1n) is 13.6. The maximum absolute atomic E-state index is 14.4. The number of nitrogens with zero attached hydrogens (tertiary/aromatic N) is 2. The lowest BCUT2D eigenvalue weighted by Gasteiger charge is -2.34. The number of halogens is 4. The molecular weight excluding hydrogens is 664 g/mol. The second kappa shape index (κ2) is 15.1. The molecule has 7 nitrogen and oxygen atoms in total. The summed E-state index contributed by atoms with van der Waals surface area (Å²) in [5, 5.41) is 4.15. The maximum Gasteiger partial charge on any atom is 0.264 e. The van der Waals surface area contributed by atoms with Gasteiger partial charge in [0, 0.05) is 39.6 Å². The smallest absolute Gasteiger partial charge is 0.264 e. The minimum absolute atomic E-state index is 0.0773. The minimum atomic E-state index is -4.29. The van der Waals surface area contributed by atoms with E-state index in [0.29, 0.717) is 27.2 Å². The van der Waals surface area contributed by atoms with E-state index < -0.39 is 34.4 Å². The SMILES string of the molecule is CCNC(=O)C(Cc1ccccc1)N(Cc1ccc(Cl)cc1Cl)C(=O)CN(c1cccc(Cl)c1)S(=O)(=O)c1ccc(Cl)cc1. The van der Waals surface area contributed by atoms with Crippen LogP contribution in [0.1, 0.15) is 18.1 Å². The molecule has 4 rings (SSSR count). The van der Waals surface area contributed by atoms with Crippen LogP contribution in [0.3, 0.4) is 0 Å². The molecule has 44 heavy (non-hydrogen) atoms. The summed E-state index contributed by atoms with van der Waals surface area (Å²) < 4.78 is 29.0. The van der Waals surface area contributed by atoms with Gasteiger partial charge in [0.1, 0.15) is 12.6 Å². The average molecular weight is 693 g/mol. The van der Waals surface area contributed by atoms with Crippen LogP contribution >= 0.6 is 46.4 Å². The van der Waals surface area contributed by atoms with Crippen molar-refractivity contribution in [2.24, 2.45) is 0 Å². The predicted molar refractivity (Wildman–Crippen MR) is 177 cm³/mol. The van der Waals surface area contributed by atoms with Gasteiger partial charge in [-0.05, 0) is 72.6 Å². The molecule has 0 aliphatic carbocycles. The van der Waals surface area contributed by atoms with Gasteiger partial charge in [-0.15, -0.1) is 0 Å². The van der Waals surface area contributed by atoms with Gasteiger partial charge < -0.3 is 10.2 Å². The number of anilines is 1. The first-order valence-corrected chi connectivity index (χ1v) is 16.5. The molecule has 0 aliphatic heterocycles. The van der Waals surface area contributed by atoms with Gasteiger partial charge in [-0.25, -0.2) is 8.42 Å². The van der Waals surface area contributed by atoms with Crippen molar-refractivity contribution in [1.82, 2.24) is 10.2 Å². The van der Waals surface area contributed by atoms with E-state index in [9.17, 15) is 18.0 Å². The number of carbonyl (C=O) groups excluding carboxylic acids is 2. The zero-order valence-electron chi connectivity index (χ0n) is 23.6. The molecule has 0 radical (unpaired) electrons. The van der Waals surface area contributed by atoms with Gasteiger partial charge in [0.2, 0.25) is 11.8 Å². The highest BCUT2D eigenvalue weighted by Crippen LogP contribution is 2.29. The van der Waals surface area contributed by atoms with Crippen LogP contribution in [0.2, 0.25) is 20.1 Å². The van der Waals surface area contributed by atoms with E-state index in [1.807, 2.05) is 30.3 Å². The summed E-state index contributed by atoms with van der Waals surface area (Å²) >= 11 is 24.9. The number of likely N-dealkylation sites (N-methyl/N-ethyl adjacent to an activating group) is 1. The molecule has 0 bridgehead atoms. The normalized spacial score (nSPS) is 11.9. The van der Waals surface area contributed by atoms with Crippen molar-refractivity contribution in [3.63, 3.8) is 0 Å². The number of nitrogens with one attached hydrogen (secondary N) is 1. The Bertz CT molecular complexity index is 1720. The van der Waals surface area contributed by atoms with Crippen molar-refractivity contribution in [1.29, 1.82) is 0 Å². The zero-order valence-corrected chi connectivity index (χ0v) is 27.4. The van der Waals surface area contributed by atoms with Crippen molar-refractivity contribution >= 4 is 73.9 Å². The van der Waals surface area contributed by atoms with E-state index in [-0.39, 0.29) is 28.6 Å². The molecule has 12 heteroatoms. The Hall–Kier alpha value is -3.27. The third kappa shape index (κ3) is 8.46. The highest BCUT2D eigenvalue weighted by atomic mass is 35.5. The molecule has 0 saturated heterocycles. The monoisotopic (exact) mass is 691 g/mol. The van der Waals surface area contributed by atoms with Crippen LogP contribution in [-0.4, -0.2) is 44.3 Å². The third-order valence-electron chi connectivity index (χ3n) is 6.75. The topological polar surface area (TPSA) is 86.8 Å². The first kappa shape index (κ1) is 33.6. The summed E-state index contributed by atoms with van der Waals surface area (Å²) in [6.07, 6.45) is 0.171. The summed E-state index contributed by atoms with van der Waals surface area (Å²) in [5.74, 6) is -1.04. The molecule has 0 fully saturated rings. The van der Waals surface area contributed by atoms with Crippen molar-refractivity contribution in [2.45, 2.75) is 30.8 Å². The molecule has 1 atom stereocenters. The molecule has 1 unspecified atom stereocenters. The fourth-order valence-electron chi connectivity index (χ4n) is 4.57. The summed E-state index contributed by atoms with van der Waals surface area (Å²) in [6.45, 7) is 1.38. The third-order valence-corrected chi connectivity index (χ3v) is 9.62. The van der Waals surface area contributed by atoms with Gasteiger partial charge in [0.15, 0.2) is 0 Å². The molecule has 1 N–H and O–H groups in total. The van der Waals surface area contributed by atoms with Gasteiger partial charge in [0.25, 0.3) is 10.0 Å². The molecule has 0 heterocycles. The fourth-order valence-corrected chi connectivity index (χ4v) is 6.76. The van der Waals surface area contributed by atoms with Crippen LogP contribution in [0.5, 0.6) is 0 Å². The van der Waals surface area contributed by atoms with Gasteiger partial charge in [0.05, 0.1) is 10.6 Å². The Kier molecular flexibility index (Phi) is 11.6. The molecule has 4 aromatic carbocycles. The Morgan fingerprint density at radius 3 is 2.09 bits per heavy atom. The van der Waals surface area contributed by atoms with Gasteiger partial charge in [-0.1, -0.05) is 88.9 Å². The molecule has 0 aliphatic rings. The van der Waals surface area contributed by atoms with Crippen molar-refractivity contribution in [3.8, 4) is 0 Å². The van der Waals surface area contributed by atoms with Crippen LogP contribution in [0, 0.1) is 0 Å². The number of rotatable bonds is 12. The average Bonchev–Trinajstić information content (AvgIpc) is 2.99. The predicted octanol–water partition coefficient (Wildman–Crippen LogP) is 7.27. The molecule has 0 spiro atoms. The molecule has 230 valence electrons. The number of carbonyl (C=O) groups is 2. The highest BCUT2D eigenvalue weighted by Gasteiger charge is 2.35. The van der Waals surface area contributed by atoms with Crippen LogP contribution in [0.4, 0.5) is 5.69 Å². The van der Waals surface area contributed by atoms with Crippen molar-refractivity contribution < 1.29 is 18.0 Å². The largest absolute Gasteiger partial charge is 0.355 e.